The van der Waals surface area contributed by atoms with E-state index in [2.05, 4.69) is 15.3 Å². The van der Waals surface area contributed by atoms with Gasteiger partial charge in [0.1, 0.15) is 11.6 Å². The minimum absolute atomic E-state index is 0.0272. The number of rotatable bonds is 6. The number of aromatic nitrogens is 2. The molecule has 1 aromatic carbocycles. The van der Waals surface area contributed by atoms with E-state index in [1.807, 2.05) is 11.0 Å². The molecule has 0 spiro atoms. The zero-order chi connectivity index (χ0) is 22.7. The summed E-state index contributed by atoms with van der Waals surface area (Å²) in [4.78, 5) is 23.2. The second-order valence-corrected chi connectivity index (χ2v) is 7.68. The van der Waals surface area contributed by atoms with Gasteiger partial charge in [-0.3, -0.25) is 15.1 Å². The average molecular weight is 437 g/mol. The summed E-state index contributed by atoms with van der Waals surface area (Å²) in [5.74, 6) is 0.101. The molecule has 10 heteroatoms. The van der Waals surface area contributed by atoms with Crippen molar-refractivity contribution in [2.24, 2.45) is 5.73 Å². The molecule has 32 heavy (non-hydrogen) atoms. The van der Waals surface area contributed by atoms with Crippen LogP contribution in [-0.2, 0) is 0 Å². The van der Waals surface area contributed by atoms with Crippen LogP contribution in [0.2, 0.25) is 0 Å². The Hall–Kier alpha value is -3.79. The van der Waals surface area contributed by atoms with Crippen LogP contribution in [0.4, 0.5) is 38.8 Å². The van der Waals surface area contributed by atoms with Crippen molar-refractivity contribution >= 4 is 34.4 Å². The van der Waals surface area contributed by atoms with E-state index in [1.165, 1.54) is 12.1 Å². The van der Waals surface area contributed by atoms with E-state index in [-0.39, 0.29) is 17.5 Å². The third kappa shape index (κ3) is 4.59. The average Bonchev–Trinajstić information content (AvgIpc) is 2.80. The van der Waals surface area contributed by atoms with E-state index < -0.39 is 10.7 Å². The van der Waals surface area contributed by atoms with Gasteiger partial charge in [-0.2, -0.15) is 0 Å². The number of nitrogens with two attached hydrogens (primary N) is 1. The maximum atomic E-state index is 14.8. The summed E-state index contributed by atoms with van der Waals surface area (Å²) in [5, 5.41) is 14.4. The first kappa shape index (κ1) is 21.4. The van der Waals surface area contributed by atoms with E-state index in [0.29, 0.717) is 30.3 Å². The molecule has 1 aliphatic rings. The van der Waals surface area contributed by atoms with Crippen LogP contribution in [0.15, 0.2) is 54.9 Å². The number of benzene rings is 1. The van der Waals surface area contributed by atoms with E-state index in [4.69, 9.17) is 5.73 Å². The molecule has 4 rings (SSSR count). The summed E-state index contributed by atoms with van der Waals surface area (Å²) in [6.45, 7) is 1.39. The molecule has 3 heterocycles. The van der Waals surface area contributed by atoms with E-state index in [1.54, 1.807) is 48.6 Å². The molecule has 3 N–H and O–H groups in total. The quantitative estimate of drug-likeness (QED) is 0.440. The molecule has 0 amide bonds. The Kier molecular flexibility index (Phi) is 6.13. The lowest BCUT2D eigenvalue weighted by atomic mass is 10.1. The fourth-order valence-electron chi connectivity index (χ4n) is 3.67. The molecule has 3 aromatic rings. The van der Waals surface area contributed by atoms with Crippen molar-refractivity contribution in [3.63, 3.8) is 0 Å². The zero-order valence-corrected chi connectivity index (χ0v) is 17.6. The molecule has 0 radical (unpaired) electrons. The summed E-state index contributed by atoms with van der Waals surface area (Å²) in [6, 6.07) is 11.4. The Balaban J connectivity index is 1.60. The second kappa shape index (κ2) is 9.15. The lowest BCUT2D eigenvalue weighted by molar-refractivity contribution is -0.384. The third-order valence-electron chi connectivity index (χ3n) is 5.52. The number of nitrogens with zero attached hydrogens (tertiary/aromatic N) is 5. The Morgan fingerprint density at radius 1 is 1.25 bits per heavy atom. The van der Waals surface area contributed by atoms with Crippen LogP contribution in [0.3, 0.4) is 0 Å². The molecular formula is C22H24FN7O2. The van der Waals surface area contributed by atoms with Gasteiger partial charge in [-0.05, 0) is 49.2 Å². The number of piperidine rings is 1. The Morgan fingerprint density at radius 2 is 2.03 bits per heavy atom. The Morgan fingerprint density at radius 3 is 2.69 bits per heavy atom. The molecule has 2 aromatic heterocycles. The molecule has 166 valence electrons. The summed E-state index contributed by atoms with van der Waals surface area (Å²) in [7, 11) is 1.79. The van der Waals surface area contributed by atoms with Crippen molar-refractivity contribution in [3.8, 4) is 0 Å². The van der Waals surface area contributed by atoms with Gasteiger partial charge >= 0.3 is 5.69 Å². The van der Waals surface area contributed by atoms with Gasteiger partial charge in [0.2, 0.25) is 5.82 Å². The van der Waals surface area contributed by atoms with Gasteiger partial charge < -0.3 is 20.9 Å². The lowest BCUT2D eigenvalue weighted by Crippen LogP contribution is -2.40. The summed E-state index contributed by atoms with van der Waals surface area (Å²) < 4.78 is 14.8. The molecule has 0 atom stereocenters. The van der Waals surface area contributed by atoms with Crippen LogP contribution in [-0.4, -0.2) is 41.1 Å². The first-order valence-corrected chi connectivity index (χ1v) is 10.3. The predicted octanol–water partition coefficient (Wildman–Crippen LogP) is 3.96. The van der Waals surface area contributed by atoms with Gasteiger partial charge in [0.05, 0.1) is 22.5 Å². The monoisotopic (exact) mass is 437 g/mol. The maximum absolute atomic E-state index is 14.8. The first-order chi connectivity index (χ1) is 15.4. The number of hydrogen-bond donors (Lipinski definition) is 2. The standard InChI is InChI=1S/C22H24FN7O2/c1-28(17-3-2-10-25-14-17)21-7-6-20(30(31)32)22(27-21)26-16-4-5-19(18(23)13-16)29-11-8-15(24)9-12-29/h2-7,10,13-15H,8-9,11-12,24H2,1H3,(H,26,27). The second-order valence-electron chi connectivity index (χ2n) is 7.68. The van der Waals surface area contributed by atoms with Gasteiger partial charge in [0.15, 0.2) is 0 Å². The highest BCUT2D eigenvalue weighted by Gasteiger charge is 2.21. The lowest BCUT2D eigenvalue weighted by Gasteiger charge is -2.32. The highest BCUT2D eigenvalue weighted by atomic mass is 19.1. The molecule has 0 aliphatic carbocycles. The molecule has 1 saturated heterocycles. The van der Waals surface area contributed by atoms with Crippen molar-refractivity contribution in [2.45, 2.75) is 18.9 Å². The van der Waals surface area contributed by atoms with Crippen LogP contribution in [0, 0.1) is 15.9 Å². The van der Waals surface area contributed by atoms with Crippen LogP contribution < -0.4 is 20.9 Å². The van der Waals surface area contributed by atoms with Gasteiger partial charge in [-0.1, -0.05) is 0 Å². The normalized spacial score (nSPS) is 14.3. The number of anilines is 5. The molecule has 1 fully saturated rings. The van der Waals surface area contributed by atoms with Crippen LogP contribution in [0.25, 0.3) is 0 Å². The maximum Gasteiger partial charge on any atom is 0.311 e. The molecule has 0 bridgehead atoms. The molecule has 0 unspecified atom stereocenters. The van der Waals surface area contributed by atoms with Crippen molar-refractivity contribution in [1.29, 1.82) is 0 Å². The molecule has 1 aliphatic heterocycles. The number of nitrogens with one attached hydrogen (secondary N) is 1. The minimum Gasteiger partial charge on any atom is -0.369 e. The molecular weight excluding hydrogens is 413 g/mol. The minimum atomic E-state index is -0.523. The van der Waals surface area contributed by atoms with Crippen LogP contribution >= 0.6 is 0 Å². The highest BCUT2D eigenvalue weighted by molar-refractivity contribution is 5.71. The highest BCUT2D eigenvalue weighted by Crippen LogP contribution is 2.32. The summed E-state index contributed by atoms with van der Waals surface area (Å²) >= 11 is 0. The van der Waals surface area contributed by atoms with Crippen molar-refractivity contribution in [1.82, 2.24) is 9.97 Å². The van der Waals surface area contributed by atoms with Gasteiger partial charge in [-0.25, -0.2) is 9.37 Å². The predicted molar refractivity (Wildman–Crippen MR) is 122 cm³/mol. The van der Waals surface area contributed by atoms with Gasteiger partial charge in [-0.15, -0.1) is 0 Å². The molecule has 9 nitrogen and oxygen atoms in total. The van der Waals surface area contributed by atoms with Crippen LogP contribution in [0.1, 0.15) is 12.8 Å². The van der Waals surface area contributed by atoms with E-state index in [0.717, 1.165) is 18.5 Å². The van der Waals surface area contributed by atoms with Crippen LogP contribution in [0.5, 0.6) is 0 Å². The largest absolute Gasteiger partial charge is 0.369 e. The van der Waals surface area contributed by atoms with Crippen molar-refractivity contribution in [3.05, 3.63) is 70.8 Å². The van der Waals surface area contributed by atoms with Gasteiger partial charge in [0, 0.05) is 44.1 Å². The number of nitro groups is 1. The summed E-state index contributed by atoms with van der Waals surface area (Å²) in [6.07, 6.45) is 4.95. The number of pyridine rings is 2. The first-order valence-electron chi connectivity index (χ1n) is 10.3. The van der Waals surface area contributed by atoms with E-state index >= 15 is 0 Å². The fourth-order valence-corrected chi connectivity index (χ4v) is 3.67. The Labute approximate surface area is 184 Å². The van der Waals surface area contributed by atoms with Crippen molar-refractivity contribution < 1.29 is 9.31 Å². The van der Waals surface area contributed by atoms with E-state index in [9.17, 15) is 14.5 Å². The SMILES string of the molecule is CN(c1cccnc1)c1ccc([N+](=O)[O-])c(Nc2ccc(N3CCC(N)CC3)c(F)c2)n1. The number of hydrogen-bond acceptors (Lipinski definition) is 8. The van der Waals surface area contributed by atoms with Gasteiger partial charge in [0.25, 0.3) is 0 Å². The smallest absolute Gasteiger partial charge is 0.311 e. The Bertz CT molecular complexity index is 1100. The van der Waals surface area contributed by atoms with Crippen molar-refractivity contribution in [2.75, 3.05) is 35.3 Å². The number of halogens is 1. The molecule has 0 saturated carbocycles. The third-order valence-corrected chi connectivity index (χ3v) is 5.52. The fraction of sp³-hybridized carbons (Fsp3) is 0.273. The zero-order valence-electron chi connectivity index (χ0n) is 17.6. The summed E-state index contributed by atoms with van der Waals surface area (Å²) in [5.41, 5.74) is 7.37. The topological polar surface area (TPSA) is 113 Å².